The van der Waals surface area contributed by atoms with Crippen LogP contribution in [0.4, 0.5) is 0 Å². The Morgan fingerprint density at radius 2 is 1.24 bits per heavy atom. The second-order valence-corrected chi connectivity index (χ2v) is 6.33. The molecule has 0 aliphatic carbocycles. The third-order valence-electron chi connectivity index (χ3n) is 4.54. The number of rotatable bonds is 8. The van der Waals surface area contributed by atoms with Gasteiger partial charge < -0.3 is 10.4 Å². The lowest BCUT2D eigenvalue weighted by Crippen LogP contribution is -2.20. The molecule has 25 heavy (non-hydrogen) atoms. The minimum atomic E-state index is 0.324. The lowest BCUT2D eigenvalue weighted by molar-refractivity contribution is 0.475. The van der Waals surface area contributed by atoms with Gasteiger partial charge in [0.25, 0.3) is 0 Å². The lowest BCUT2D eigenvalue weighted by atomic mass is 9.88. The van der Waals surface area contributed by atoms with Crippen LogP contribution in [0.3, 0.4) is 0 Å². The lowest BCUT2D eigenvalue weighted by Gasteiger charge is -2.18. The number of hydrogen-bond donors (Lipinski definition) is 2. The van der Waals surface area contributed by atoms with Crippen molar-refractivity contribution in [2.24, 2.45) is 0 Å². The van der Waals surface area contributed by atoms with Crippen LogP contribution < -0.4 is 5.32 Å². The zero-order valence-corrected chi connectivity index (χ0v) is 14.4. The Balaban J connectivity index is 1.53. The fourth-order valence-electron chi connectivity index (χ4n) is 3.16. The van der Waals surface area contributed by atoms with Crippen LogP contribution in [0.1, 0.15) is 29.0 Å². The van der Waals surface area contributed by atoms with Gasteiger partial charge >= 0.3 is 0 Å². The smallest absolute Gasteiger partial charge is 0.115 e. The summed E-state index contributed by atoms with van der Waals surface area (Å²) in [7, 11) is 0. The van der Waals surface area contributed by atoms with Crippen molar-refractivity contribution >= 4 is 0 Å². The van der Waals surface area contributed by atoms with Crippen LogP contribution >= 0.6 is 0 Å². The van der Waals surface area contributed by atoms with E-state index in [1.54, 1.807) is 12.1 Å². The van der Waals surface area contributed by atoms with Gasteiger partial charge in [-0.05, 0) is 54.8 Å². The van der Waals surface area contributed by atoms with Crippen molar-refractivity contribution in [2.45, 2.75) is 18.8 Å². The predicted octanol–water partition coefficient (Wildman–Crippen LogP) is 4.75. The van der Waals surface area contributed by atoms with Gasteiger partial charge in [0.05, 0.1) is 0 Å². The van der Waals surface area contributed by atoms with Crippen LogP contribution in [-0.2, 0) is 6.42 Å². The molecule has 3 aromatic carbocycles. The second kappa shape index (κ2) is 9.05. The summed E-state index contributed by atoms with van der Waals surface area (Å²) in [6.07, 6.45) is 2.05. The van der Waals surface area contributed by atoms with Gasteiger partial charge in [0.15, 0.2) is 0 Å². The van der Waals surface area contributed by atoms with E-state index in [1.807, 2.05) is 12.1 Å². The van der Waals surface area contributed by atoms with E-state index in [4.69, 9.17) is 0 Å². The van der Waals surface area contributed by atoms with Gasteiger partial charge in [-0.2, -0.15) is 0 Å². The molecule has 0 saturated heterocycles. The van der Waals surface area contributed by atoms with Gasteiger partial charge in [0, 0.05) is 5.92 Å². The molecule has 3 rings (SSSR count). The number of benzene rings is 3. The standard InChI is InChI=1S/C23H25NO/c25-22-13-11-19(12-14-22)15-17-24-18-16-23(20-7-3-1-4-8-20)21-9-5-2-6-10-21/h1-14,23-25H,15-18H2. The molecule has 2 nitrogen and oxygen atoms in total. The highest BCUT2D eigenvalue weighted by molar-refractivity contribution is 5.32. The molecule has 0 atom stereocenters. The highest BCUT2D eigenvalue weighted by Crippen LogP contribution is 2.27. The number of hydrogen-bond acceptors (Lipinski definition) is 2. The fourth-order valence-corrected chi connectivity index (χ4v) is 3.16. The molecule has 0 aliphatic heterocycles. The van der Waals surface area contributed by atoms with E-state index in [9.17, 15) is 5.11 Å². The fraction of sp³-hybridized carbons (Fsp3) is 0.217. The maximum absolute atomic E-state index is 9.33. The van der Waals surface area contributed by atoms with Crippen molar-refractivity contribution in [1.82, 2.24) is 5.32 Å². The van der Waals surface area contributed by atoms with Gasteiger partial charge in [-0.15, -0.1) is 0 Å². The number of phenols is 1. The van der Waals surface area contributed by atoms with E-state index >= 15 is 0 Å². The molecule has 3 aromatic rings. The van der Waals surface area contributed by atoms with E-state index in [0.717, 1.165) is 25.9 Å². The Kier molecular flexibility index (Phi) is 6.24. The van der Waals surface area contributed by atoms with Crippen LogP contribution in [0, 0.1) is 0 Å². The Bertz CT molecular complexity index is 699. The number of nitrogens with one attached hydrogen (secondary N) is 1. The molecular formula is C23H25NO. The predicted molar refractivity (Wildman–Crippen MR) is 104 cm³/mol. The first-order valence-electron chi connectivity index (χ1n) is 8.91. The third-order valence-corrected chi connectivity index (χ3v) is 4.54. The van der Waals surface area contributed by atoms with Crippen molar-refractivity contribution in [2.75, 3.05) is 13.1 Å². The summed E-state index contributed by atoms with van der Waals surface area (Å²) in [4.78, 5) is 0. The third kappa shape index (κ3) is 5.20. The van der Waals surface area contributed by atoms with Crippen LogP contribution in [0.25, 0.3) is 0 Å². The molecule has 0 radical (unpaired) electrons. The molecule has 128 valence electrons. The molecule has 0 aliphatic rings. The van der Waals surface area contributed by atoms with Gasteiger partial charge in [0.1, 0.15) is 5.75 Å². The Morgan fingerprint density at radius 3 is 1.80 bits per heavy atom. The van der Waals surface area contributed by atoms with Crippen molar-refractivity contribution < 1.29 is 5.11 Å². The van der Waals surface area contributed by atoms with Gasteiger partial charge in [0.2, 0.25) is 0 Å². The SMILES string of the molecule is Oc1ccc(CCNCCC(c2ccccc2)c2ccccc2)cc1. The average molecular weight is 331 g/mol. The Morgan fingerprint density at radius 1 is 0.680 bits per heavy atom. The van der Waals surface area contributed by atoms with Crippen LogP contribution in [0.5, 0.6) is 5.75 Å². The quantitative estimate of drug-likeness (QED) is 0.584. The Hall–Kier alpha value is -2.58. The second-order valence-electron chi connectivity index (χ2n) is 6.33. The monoisotopic (exact) mass is 331 g/mol. The Labute approximate surface area is 150 Å². The van der Waals surface area contributed by atoms with Gasteiger partial charge in [-0.25, -0.2) is 0 Å². The van der Waals surface area contributed by atoms with E-state index in [2.05, 4.69) is 66.0 Å². The van der Waals surface area contributed by atoms with E-state index in [1.165, 1.54) is 16.7 Å². The van der Waals surface area contributed by atoms with Crippen molar-refractivity contribution in [3.63, 3.8) is 0 Å². The molecule has 0 spiro atoms. The van der Waals surface area contributed by atoms with E-state index in [0.29, 0.717) is 11.7 Å². The summed E-state index contributed by atoms with van der Waals surface area (Å²) < 4.78 is 0. The van der Waals surface area contributed by atoms with Gasteiger partial charge in [-0.1, -0.05) is 72.8 Å². The maximum atomic E-state index is 9.33. The highest BCUT2D eigenvalue weighted by atomic mass is 16.3. The molecule has 0 heterocycles. The minimum Gasteiger partial charge on any atom is -0.508 e. The first kappa shape index (κ1) is 17.2. The van der Waals surface area contributed by atoms with Crippen LogP contribution in [0.2, 0.25) is 0 Å². The molecular weight excluding hydrogens is 306 g/mol. The summed E-state index contributed by atoms with van der Waals surface area (Å²) in [5.41, 5.74) is 3.98. The maximum Gasteiger partial charge on any atom is 0.115 e. The molecule has 0 bridgehead atoms. The summed E-state index contributed by atoms with van der Waals surface area (Å²) in [5, 5.41) is 12.9. The zero-order valence-electron chi connectivity index (χ0n) is 14.4. The summed E-state index contributed by atoms with van der Waals surface area (Å²) in [6.45, 7) is 1.92. The molecule has 0 saturated carbocycles. The topological polar surface area (TPSA) is 32.3 Å². The number of phenolic OH excluding ortho intramolecular Hbond substituents is 1. The van der Waals surface area contributed by atoms with Crippen LogP contribution in [-0.4, -0.2) is 18.2 Å². The molecule has 2 heteroatoms. The summed E-state index contributed by atoms with van der Waals surface area (Å²) in [5.74, 6) is 0.744. The van der Waals surface area contributed by atoms with Crippen molar-refractivity contribution in [3.05, 3.63) is 102 Å². The normalized spacial score (nSPS) is 10.9. The van der Waals surface area contributed by atoms with E-state index < -0.39 is 0 Å². The molecule has 0 aromatic heterocycles. The molecule has 2 N–H and O–H groups in total. The largest absolute Gasteiger partial charge is 0.508 e. The highest BCUT2D eigenvalue weighted by Gasteiger charge is 2.13. The first-order valence-corrected chi connectivity index (χ1v) is 8.91. The van der Waals surface area contributed by atoms with Crippen molar-refractivity contribution in [3.8, 4) is 5.75 Å². The van der Waals surface area contributed by atoms with Crippen LogP contribution in [0.15, 0.2) is 84.9 Å². The first-order chi connectivity index (χ1) is 12.3. The molecule has 0 amide bonds. The molecule has 0 unspecified atom stereocenters. The minimum absolute atomic E-state index is 0.324. The summed E-state index contributed by atoms with van der Waals surface area (Å²) in [6, 6.07) is 28.9. The summed E-state index contributed by atoms with van der Waals surface area (Å²) >= 11 is 0. The van der Waals surface area contributed by atoms with Gasteiger partial charge in [-0.3, -0.25) is 0 Å². The molecule has 0 fully saturated rings. The number of aromatic hydroxyl groups is 1. The van der Waals surface area contributed by atoms with E-state index in [-0.39, 0.29) is 0 Å². The zero-order chi connectivity index (χ0) is 17.3. The average Bonchev–Trinajstić information content (AvgIpc) is 2.67. The van der Waals surface area contributed by atoms with Crippen molar-refractivity contribution in [1.29, 1.82) is 0 Å².